The first-order valence-electron chi connectivity index (χ1n) is 3.75. The predicted octanol–water partition coefficient (Wildman–Crippen LogP) is 1.48. The van der Waals surface area contributed by atoms with Gasteiger partial charge in [0, 0.05) is 4.88 Å². The van der Waals surface area contributed by atoms with Crippen molar-refractivity contribution in [3.63, 3.8) is 0 Å². The Bertz CT molecular complexity index is 246. The van der Waals surface area contributed by atoms with Gasteiger partial charge in [-0.05, 0) is 18.0 Å². The first kappa shape index (κ1) is 9.22. The van der Waals surface area contributed by atoms with Gasteiger partial charge in [-0.1, -0.05) is 13.0 Å². The molecule has 1 aromatic heterocycles. The molecule has 1 atom stereocenters. The van der Waals surface area contributed by atoms with E-state index in [0.717, 1.165) is 4.88 Å². The number of nitrogens with one attached hydrogen (secondary N) is 1. The maximum atomic E-state index is 10.7. The number of hydrogen-bond donors (Lipinski definition) is 2. The number of aliphatic carboxylic acids is 1. The Labute approximate surface area is 75.0 Å². The molecule has 0 amide bonds. The Kier molecular flexibility index (Phi) is 3.25. The lowest BCUT2D eigenvalue weighted by Gasteiger charge is -2.09. The zero-order valence-corrected chi connectivity index (χ0v) is 7.60. The van der Waals surface area contributed by atoms with E-state index in [0.29, 0.717) is 6.54 Å². The maximum Gasteiger partial charge on any atom is 0.326 e. The standard InChI is InChI=1S/C8H11NO2S/c1-2-9-7(8(10)11)6-4-3-5-12-6/h3-5,7,9H,2H2,1H3,(H,10,11). The Hall–Kier alpha value is -0.870. The van der Waals surface area contributed by atoms with Crippen LogP contribution in [0.4, 0.5) is 0 Å². The van der Waals surface area contributed by atoms with E-state index in [4.69, 9.17) is 5.11 Å². The summed E-state index contributed by atoms with van der Waals surface area (Å²) < 4.78 is 0. The van der Waals surface area contributed by atoms with Crippen molar-refractivity contribution in [2.75, 3.05) is 6.54 Å². The van der Waals surface area contributed by atoms with Crippen LogP contribution in [-0.2, 0) is 4.79 Å². The van der Waals surface area contributed by atoms with Gasteiger partial charge in [0.15, 0.2) is 0 Å². The van der Waals surface area contributed by atoms with Crippen molar-refractivity contribution < 1.29 is 9.90 Å². The quantitative estimate of drug-likeness (QED) is 0.747. The average Bonchev–Trinajstić information content (AvgIpc) is 2.51. The molecule has 3 nitrogen and oxygen atoms in total. The number of likely N-dealkylation sites (N-methyl/N-ethyl adjacent to an activating group) is 1. The van der Waals surface area contributed by atoms with Crippen LogP contribution in [0.1, 0.15) is 17.8 Å². The van der Waals surface area contributed by atoms with Crippen LogP contribution < -0.4 is 5.32 Å². The molecule has 0 aliphatic heterocycles. The van der Waals surface area contributed by atoms with E-state index in [1.807, 2.05) is 24.4 Å². The molecule has 0 saturated carbocycles. The van der Waals surface area contributed by atoms with Gasteiger partial charge >= 0.3 is 5.97 Å². The highest BCUT2D eigenvalue weighted by Gasteiger charge is 2.18. The van der Waals surface area contributed by atoms with Crippen LogP contribution in [0.3, 0.4) is 0 Å². The fourth-order valence-corrected chi connectivity index (χ4v) is 1.76. The molecule has 4 heteroatoms. The molecule has 0 spiro atoms. The molecule has 1 heterocycles. The number of carboxylic acids is 1. The van der Waals surface area contributed by atoms with Crippen LogP contribution in [-0.4, -0.2) is 17.6 Å². The third-order valence-corrected chi connectivity index (χ3v) is 2.42. The van der Waals surface area contributed by atoms with Gasteiger partial charge in [-0.2, -0.15) is 0 Å². The molecule has 1 unspecified atom stereocenters. The molecule has 1 rings (SSSR count). The summed E-state index contributed by atoms with van der Waals surface area (Å²) in [7, 11) is 0. The van der Waals surface area contributed by atoms with Crippen molar-refractivity contribution in [3.8, 4) is 0 Å². The summed E-state index contributed by atoms with van der Waals surface area (Å²) in [5, 5.41) is 13.6. The Balaban J connectivity index is 2.73. The SMILES string of the molecule is CCNC(C(=O)O)c1cccs1. The minimum Gasteiger partial charge on any atom is -0.480 e. The van der Waals surface area contributed by atoms with Crippen LogP contribution in [0.2, 0.25) is 0 Å². The monoisotopic (exact) mass is 185 g/mol. The first-order valence-corrected chi connectivity index (χ1v) is 4.63. The highest BCUT2D eigenvalue weighted by molar-refractivity contribution is 7.10. The van der Waals surface area contributed by atoms with Crippen molar-refractivity contribution in [1.82, 2.24) is 5.32 Å². The minimum atomic E-state index is -0.820. The molecule has 0 fully saturated rings. The van der Waals surface area contributed by atoms with Crippen LogP contribution in [0, 0.1) is 0 Å². The number of rotatable bonds is 4. The van der Waals surface area contributed by atoms with E-state index < -0.39 is 12.0 Å². The molecule has 12 heavy (non-hydrogen) atoms. The zero-order chi connectivity index (χ0) is 8.97. The molecule has 0 saturated heterocycles. The van der Waals surface area contributed by atoms with Crippen molar-refractivity contribution in [2.24, 2.45) is 0 Å². The van der Waals surface area contributed by atoms with Crippen molar-refractivity contribution in [2.45, 2.75) is 13.0 Å². The van der Waals surface area contributed by atoms with Crippen LogP contribution in [0.5, 0.6) is 0 Å². The summed E-state index contributed by atoms with van der Waals surface area (Å²) in [5.41, 5.74) is 0. The van der Waals surface area contributed by atoms with E-state index in [9.17, 15) is 4.79 Å². The Morgan fingerprint density at radius 1 is 1.83 bits per heavy atom. The van der Waals surface area contributed by atoms with Gasteiger partial charge in [-0.25, -0.2) is 0 Å². The summed E-state index contributed by atoms with van der Waals surface area (Å²) in [6.07, 6.45) is 0. The third-order valence-electron chi connectivity index (χ3n) is 1.48. The molecule has 66 valence electrons. The van der Waals surface area contributed by atoms with Crippen LogP contribution in [0.15, 0.2) is 17.5 Å². The molecular weight excluding hydrogens is 174 g/mol. The highest BCUT2D eigenvalue weighted by atomic mass is 32.1. The predicted molar refractivity (Wildman–Crippen MR) is 48.4 cm³/mol. The van der Waals surface area contributed by atoms with E-state index in [1.54, 1.807) is 0 Å². The van der Waals surface area contributed by atoms with Gasteiger partial charge < -0.3 is 10.4 Å². The summed E-state index contributed by atoms with van der Waals surface area (Å²) in [6, 6.07) is 3.13. The Morgan fingerprint density at radius 3 is 3.00 bits per heavy atom. The maximum absolute atomic E-state index is 10.7. The summed E-state index contributed by atoms with van der Waals surface area (Å²) >= 11 is 1.46. The van der Waals surface area contributed by atoms with Gasteiger partial charge in [0.1, 0.15) is 6.04 Å². The minimum absolute atomic E-state index is 0.546. The first-order chi connectivity index (χ1) is 5.75. The lowest BCUT2D eigenvalue weighted by atomic mass is 10.2. The topological polar surface area (TPSA) is 49.3 Å². The van der Waals surface area contributed by atoms with Gasteiger partial charge in [-0.15, -0.1) is 11.3 Å². The third kappa shape index (κ3) is 2.06. The van der Waals surface area contributed by atoms with Crippen molar-refractivity contribution >= 4 is 17.3 Å². The van der Waals surface area contributed by atoms with Crippen molar-refractivity contribution in [3.05, 3.63) is 22.4 Å². The lowest BCUT2D eigenvalue weighted by molar-refractivity contribution is -0.139. The number of carbonyl (C=O) groups is 1. The molecule has 0 radical (unpaired) electrons. The number of carboxylic acid groups (broad SMARTS) is 1. The summed E-state index contributed by atoms with van der Waals surface area (Å²) in [4.78, 5) is 11.6. The molecule has 0 aliphatic rings. The number of thiophene rings is 1. The van der Waals surface area contributed by atoms with Crippen molar-refractivity contribution in [1.29, 1.82) is 0 Å². The highest BCUT2D eigenvalue weighted by Crippen LogP contribution is 2.18. The lowest BCUT2D eigenvalue weighted by Crippen LogP contribution is -2.27. The molecule has 0 bridgehead atoms. The molecular formula is C8H11NO2S. The van der Waals surface area contributed by atoms with E-state index >= 15 is 0 Å². The second-order valence-electron chi connectivity index (χ2n) is 2.34. The normalized spacial score (nSPS) is 12.8. The second-order valence-corrected chi connectivity index (χ2v) is 3.32. The molecule has 1 aromatic rings. The Morgan fingerprint density at radius 2 is 2.58 bits per heavy atom. The summed E-state index contributed by atoms with van der Waals surface area (Å²) in [6.45, 7) is 2.55. The fraction of sp³-hybridized carbons (Fsp3) is 0.375. The molecule has 0 aliphatic carbocycles. The van der Waals surface area contributed by atoms with Gasteiger partial charge in [0.25, 0.3) is 0 Å². The zero-order valence-electron chi connectivity index (χ0n) is 6.78. The van der Waals surface area contributed by atoms with Gasteiger partial charge in [-0.3, -0.25) is 4.79 Å². The van der Waals surface area contributed by atoms with Crippen LogP contribution >= 0.6 is 11.3 Å². The fourth-order valence-electron chi connectivity index (χ4n) is 0.969. The second kappa shape index (κ2) is 4.23. The van der Waals surface area contributed by atoms with Gasteiger partial charge in [0.05, 0.1) is 0 Å². The molecule has 0 aromatic carbocycles. The average molecular weight is 185 g/mol. The smallest absolute Gasteiger partial charge is 0.326 e. The van der Waals surface area contributed by atoms with E-state index in [-0.39, 0.29) is 0 Å². The van der Waals surface area contributed by atoms with E-state index in [2.05, 4.69) is 5.32 Å². The molecule has 2 N–H and O–H groups in total. The number of hydrogen-bond acceptors (Lipinski definition) is 3. The largest absolute Gasteiger partial charge is 0.480 e. The van der Waals surface area contributed by atoms with Gasteiger partial charge in [0.2, 0.25) is 0 Å². The van der Waals surface area contributed by atoms with Crippen LogP contribution in [0.25, 0.3) is 0 Å². The summed E-state index contributed by atoms with van der Waals surface area (Å²) in [5.74, 6) is -0.820. The van der Waals surface area contributed by atoms with E-state index in [1.165, 1.54) is 11.3 Å².